The number of oxazole rings is 1. The number of ether oxygens (including phenoxy) is 1. The molecule has 2 rings (SSSR count). The van der Waals surface area contributed by atoms with E-state index in [2.05, 4.69) is 4.98 Å². The van der Waals surface area contributed by atoms with Crippen molar-refractivity contribution in [2.75, 3.05) is 4.90 Å². The molecule has 1 N–H and O–H groups in total. The predicted molar refractivity (Wildman–Crippen MR) is 97.0 cm³/mol. The molecule has 0 radical (unpaired) electrons. The van der Waals surface area contributed by atoms with Crippen molar-refractivity contribution in [2.45, 2.75) is 39.1 Å². The normalized spacial score (nSPS) is 12.2. The number of hydrogen-bond acceptors (Lipinski definition) is 5. The van der Waals surface area contributed by atoms with Gasteiger partial charge in [0.2, 0.25) is 0 Å². The first-order valence-electron chi connectivity index (χ1n) is 8.38. The molecule has 0 spiro atoms. The molecule has 156 valence electrons. The van der Waals surface area contributed by atoms with Crippen molar-refractivity contribution in [3.8, 4) is 0 Å². The zero-order valence-corrected chi connectivity index (χ0v) is 15.9. The van der Waals surface area contributed by atoms with Crippen LogP contribution in [0, 0.1) is 0 Å². The minimum atomic E-state index is -4.73. The molecule has 1 aromatic heterocycles. The second-order valence-corrected chi connectivity index (χ2v) is 7.00. The van der Waals surface area contributed by atoms with Crippen LogP contribution in [0.5, 0.6) is 0 Å². The number of carbonyl (C=O) groups is 2. The number of rotatable bonds is 5. The summed E-state index contributed by atoms with van der Waals surface area (Å²) in [5.74, 6) is -1.13. The topological polar surface area (TPSA) is 92.9 Å². The van der Waals surface area contributed by atoms with E-state index in [1.165, 1.54) is 6.08 Å². The van der Waals surface area contributed by atoms with Gasteiger partial charge in [0.05, 0.1) is 6.54 Å². The first-order chi connectivity index (χ1) is 13.3. The van der Waals surface area contributed by atoms with Gasteiger partial charge in [-0.05, 0) is 44.0 Å². The van der Waals surface area contributed by atoms with Gasteiger partial charge < -0.3 is 14.3 Å². The molecule has 0 bridgehead atoms. The molecule has 0 atom stereocenters. The Bertz CT molecular complexity index is 913. The molecule has 0 aliphatic carbocycles. The number of halogens is 3. The molecule has 1 aromatic carbocycles. The molecule has 1 amide bonds. The molecular formula is C19H19F3N2O5. The largest absolute Gasteiger partial charge is 0.478 e. The maximum Gasteiger partial charge on any atom is 0.436 e. The van der Waals surface area contributed by atoms with Crippen LogP contribution in [0.3, 0.4) is 0 Å². The number of carboxylic acids is 1. The SMILES string of the molecule is CC(C)(C)OC(=O)N(Cc1cccc(C=CC(=O)O)c1)c1nc(C(F)(F)F)co1. The number of alkyl halides is 3. The summed E-state index contributed by atoms with van der Waals surface area (Å²) in [5, 5.41) is 8.72. The van der Waals surface area contributed by atoms with E-state index in [1.54, 1.807) is 45.0 Å². The number of anilines is 1. The van der Waals surface area contributed by atoms with Crippen LogP contribution in [0.15, 0.2) is 41.0 Å². The summed E-state index contributed by atoms with van der Waals surface area (Å²) in [6.45, 7) is 4.62. The fourth-order valence-electron chi connectivity index (χ4n) is 2.19. The van der Waals surface area contributed by atoms with Crippen LogP contribution in [0.4, 0.5) is 24.0 Å². The van der Waals surface area contributed by atoms with E-state index in [1.807, 2.05) is 0 Å². The molecule has 2 aromatic rings. The highest BCUT2D eigenvalue weighted by molar-refractivity contribution is 5.86. The summed E-state index contributed by atoms with van der Waals surface area (Å²) in [4.78, 5) is 27.4. The van der Waals surface area contributed by atoms with E-state index in [4.69, 9.17) is 14.3 Å². The Labute approximate surface area is 164 Å². The molecule has 0 saturated heterocycles. The van der Waals surface area contributed by atoms with Crippen LogP contribution < -0.4 is 4.90 Å². The summed E-state index contributed by atoms with van der Waals surface area (Å²) < 4.78 is 48.7. The van der Waals surface area contributed by atoms with Gasteiger partial charge in [-0.1, -0.05) is 18.2 Å². The maximum atomic E-state index is 12.9. The number of nitrogens with zero attached hydrogens (tertiary/aromatic N) is 2. The number of carbonyl (C=O) groups excluding carboxylic acids is 1. The van der Waals surface area contributed by atoms with Crippen molar-refractivity contribution in [3.05, 3.63) is 53.4 Å². The summed E-state index contributed by atoms with van der Waals surface area (Å²) >= 11 is 0. The number of carboxylic acid groups (broad SMARTS) is 1. The zero-order chi connectivity index (χ0) is 21.8. The molecule has 10 heteroatoms. The van der Waals surface area contributed by atoms with Crippen molar-refractivity contribution in [2.24, 2.45) is 0 Å². The lowest BCUT2D eigenvalue weighted by Crippen LogP contribution is -2.36. The van der Waals surface area contributed by atoms with Crippen molar-refractivity contribution >= 4 is 24.2 Å². The van der Waals surface area contributed by atoms with Crippen molar-refractivity contribution < 1.29 is 37.0 Å². The van der Waals surface area contributed by atoms with E-state index < -0.39 is 35.5 Å². The monoisotopic (exact) mass is 412 g/mol. The summed E-state index contributed by atoms with van der Waals surface area (Å²) in [5.41, 5.74) is -1.16. The minimum absolute atomic E-state index is 0.207. The van der Waals surface area contributed by atoms with Gasteiger partial charge in [-0.3, -0.25) is 0 Å². The van der Waals surface area contributed by atoms with E-state index >= 15 is 0 Å². The lowest BCUT2D eigenvalue weighted by atomic mass is 10.1. The quantitative estimate of drug-likeness (QED) is 0.714. The van der Waals surface area contributed by atoms with E-state index in [-0.39, 0.29) is 6.54 Å². The Balaban J connectivity index is 2.36. The number of aliphatic carboxylic acids is 1. The van der Waals surface area contributed by atoms with Gasteiger partial charge in [-0.25, -0.2) is 14.5 Å². The van der Waals surface area contributed by atoms with Crippen LogP contribution in [0.25, 0.3) is 6.08 Å². The summed E-state index contributed by atoms with van der Waals surface area (Å²) in [6.07, 6.45) is -2.98. The molecule has 0 fully saturated rings. The van der Waals surface area contributed by atoms with Gasteiger partial charge in [-0.2, -0.15) is 18.2 Å². The van der Waals surface area contributed by atoms with Crippen LogP contribution in [0.1, 0.15) is 37.6 Å². The molecule has 0 aliphatic rings. The summed E-state index contributed by atoms with van der Waals surface area (Å²) in [6, 6.07) is 5.86. The minimum Gasteiger partial charge on any atom is -0.478 e. The van der Waals surface area contributed by atoms with Gasteiger partial charge in [0, 0.05) is 6.08 Å². The third-order valence-corrected chi connectivity index (χ3v) is 3.34. The third kappa shape index (κ3) is 6.66. The van der Waals surface area contributed by atoms with E-state index in [0.717, 1.165) is 11.0 Å². The molecule has 0 aliphatic heterocycles. The Morgan fingerprint density at radius 3 is 2.52 bits per heavy atom. The number of benzene rings is 1. The average molecular weight is 412 g/mol. The Hall–Kier alpha value is -3.30. The van der Waals surface area contributed by atoms with Crippen molar-refractivity contribution in [3.63, 3.8) is 0 Å². The number of hydrogen-bond donors (Lipinski definition) is 1. The van der Waals surface area contributed by atoms with Crippen molar-refractivity contribution in [1.29, 1.82) is 0 Å². The third-order valence-electron chi connectivity index (χ3n) is 3.34. The zero-order valence-electron chi connectivity index (χ0n) is 15.9. The Morgan fingerprint density at radius 1 is 1.28 bits per heavy atom. The number of aromatic nitrogens is 1. The molecule has 0 unspecified atom stereocenters. The highest BCUT2D eigenvalue weighted by Crippen LogP contribution is 2.31. The van der Waals surface area contributed by atoms with Gasteiger partial charge in [0.1, 0.15) is 11.9 Å². The second kappa shape index (κ2) is 8.38. The molecule has 7 nitrogen and oxygen atoms in total. The van der Waals surface area contributed by atoms with Gasteiger partial charge in [0.15, 0.2) is 5.69 Å². The number of amides is 1. The lowest BCUT2D eigenvalue weighted by Gasteiger charge is -2.25. The standard InChI is InChI=1S/C19H19F3N2O5/c1-18(2,3)29-17(27)24(16-23-14(11-28-16)19(20,21)22)10-13-6-4-5-12(9-13)7-8-15(25)26/h4-9,11H,10H2,1-3H3,(H,25,26). The molecule has 0 saturated carbocycles. The van der Waals surface area contributed by atoms with Crippen LogP contribution in [0.2, 0.25) is 0 Å². The van der Waals surface area contributed by atoms with Crippen LogP contribution in [-0.4, -0.2) is 27.8 Å². The van der Waals surface area contributed by atoms with Crippen molar-refractivity contribution in [1.82, 2.24) is 4.98 Å². The summed E-state index contributed by atoms with van der Waals surface area (Å²) in [7, 11) is 0. The molecular weight excluding hydrogens is 393 g/mol. The highest BCUT2D eigenvalue weighted by atomic mass is 19.4. The average Bonchev–Trinajstić information content (AvgIpc) is 3.06. The van der Waals surface area contributed by atoms with Gasteiger partial charge >= 0.3 is 24.3 Å². The van der Waals surface area contributed by atoms with E-state index in [0.29, 0.717) is 17.4 Å². The maximum absolute atomic E-state index is 12.9. The Kier molecular flexibility index (Phi) is 6.35. The Morgan fingerprint density at radius 2 is 1.97 bits per heavy atom. The fourth-order valence-corrected chi connectivity index (χ4v) is 2.19. The van der Waals surface area contributed by atoms with Gasteiger partial charge in [0.25, 0.3) is 0 Å². The second-order valence-electron chi connectivity index (χ2n) is 7.00. The smallest absolute Gasteiger partial charge is 0.436 e. The fraction of sp³-hybridized carbons (Fsp3) is 0.316. The lowest BCUT2D eigenvalue weighted by molar-refractivity contribution is -0.141. The molecule has 29 heavy (non-hydrogen) atoms. The van der Waals surface area contributed by atoms with Crippen LogP contribution >= 0.6 is 0 Å². The first-order valence-corrected chi connectivity index (χ1v) is 8.38. The van der Waals surface area contributed by atoms with E-state index in [9.17, 15) is 22.8 Å². The van der Waals surface area contributed by atoms with Crippen LogP contribution in [-0.2, 0) is 22.3 Å². The first kappa shape index (κ1) is 22.0. The van der Waals surface area contributed by atoms with Gasteiger partial charge in [-0.15, -0.1) is 0 Å². The molecule has 1 heterocycles. The predicted octanol–water partition coefficient (Wildman–Crippen LogP) is 4.73. The highest BCUT2D eigenvalue weighted by Gasteiger charge is 2.37.